The molecule has 0 aliphatic rings. The van der Waals surface area contributed by atoms with E-state index in [0.717, 1.165) is 0 Å². The molecule has 0 bridgehead atoms. The van der Waals surface area contributed by atoms with Crippen molar-refractivity contribution in [1.82, 2.24) is 4.98 Å². The summed E-state index contributed by atoms with van der Waals surface area (Å²) in [5.74, 6) is -0.120. The molecule has 72 valence electrons. The zero-order valence-corrected chi connectivity index (χ0v) is 8.62. The predicted octanol–water partition coefficient (Wildman–Crippen LogP) is 1.79. The van der Waals surface area contributed by atoms with Crippen molar-refractivity contribution in [1.29, 1.82) is 0 Å². The van der Waals surface area contributed by atoms with Gasteiger partial charge in [0.15, 0.2) is 0 Å². The first kappa shape index (κ1) is 10.6. The number of aromatic nitrogens is 1. The molecule has 1 aromatic heterocycles. The third-order valence-corrected chi connectivity index (χ3v) is 2.29. The number of nitrogens with zero attached hydrogens (tertiary/aromatic N) is 1. The third kappa shape index (κ3) is 2.25. The van der Waals surface area contributed by atoms with E-state index in [1.807, 2.05) is 0 Å². The molecular weight excluding hydrogens is 293 g/mol. The molecule has 3 N–H and O–H groups in total. The first-order valence-corrected chi connectivity index (χ1v) is 4.50. The van der Waals surface area contributed by atoms with Crippen LogP contribution in [0.15, 0.2) is 6.07 Å². The highest BCUT2D eigenvalue weighted by Gasteiger charge is 2.16. The second kappa shape index (κ2) is 4.14. The van der Waals surface area contributed by atoms with Gasteiger partial charge in [0.05, 0.1) is 0 Å². The summed E-state index contributed by atoms with van der Waals surface area (Å²) in [4.78, 5) is 3.55. The minimum Gasteiger partial charge on any atom is -0.505 e. The fourth-order valence-corrected chi connectivity index (χ4v) is 1.30. The molecule has 0 radical (unpaired) electrons. The van der Waals surface area contributed by atoms with Crippen LogP contribution in [0.25, 0.3) is 0 Å². The topological polar surface area (TPSA) is 59.1 Å². The molecule has 0 unspecified atom stereocenters. The second-order valence-electron chi connectivity index (χ2n) is 2.35. The van der Waals surface area contributed by atoms with Gasteiger partial charge in [-0.1, -0.05) is 0 Å². The Labute approximate surface area is 87.1 Å². The number of pyridine rings is 1. The van der Waals surface area contributed by atoms with Crippen LogP contribution in [-0.2, 0) is 6.54 Å². The van der Waals surface area contributed by atoms with Gasteiger partial charge in [-0.05, 0) is 34.2 Å². The summed E-state index contributed by atoms with van der Waals surface area (Å²) in [5.41, 5.74) is 5.04. The maximum absolute atomic E-state index is 12.3. The van der Waals surface area contributed by atoms with Gasteiger partial charge in [0.25, 0.3) is 6.43 Å². The number of alkyl halides is 2. The van der Waals surface area contributed by atoms with E-state index in [-0.39, 0.29) is 27.3 Å². The van der Waals surface area contributed by atoms with E-state index in [0.29, 0.717) is 0 Å². The van der Waals surface area contributed by atoms with Crippen molar-refractivity contribution in [3.63, 3.8) is 0 Å². The highest BCUT2D eigenvalue weighted by Crippen LogP contribution is 2.26. The normalized spacial score (nSPS) is 10.8. The number of halogens is 3. The number of nitrogens with two attached hydrogens (primary N) is 1. The highest BCUT2D eigenvalue weighted by atomic mass is 127. The minimum atomic E-state index is -2.66. The van der Waals surface area contributed by atoms with Crippen molar-refractivity contribution in [2.24, 2.45) is 5.73 Å². The fourth-order valence-electron chi connectivity index (χ4n) is 0.886. The van der Waals surface area contributed by atoms with Crippen LogP contribution >= 0.6 is 22.6 Å². The van der Waals surface area contributed by atoms with Crippen molar-refractivity contribution in [3.8, 4) is 5.75 Å². The van der Waals surface area contributed by atoms with Crippen LogP contribution in [0.5, 0.6) is 5.75 Å². The number of aromatic hydroxyl groups is 1. The lowest BCUT2D eigenvalue weighted by Crippen LogP contribution is -2.05. The maximum Gasteiger partial charge on any atom is 0.280 e. The van der Waals surface area contributed by atoms with Gasteiger partial charge in [-0.3, -0.25) is 0 Å². The first-order valence-electron chi connectivity index (χ1n) is 3.42. The second-order valence-corrected chi connectivity index (χ2v) is 3.37. The van der Waals surface area contributed by atoms with E-state index in [4.69, 9.17) is 10.8 Å². The monoisotopic (exact) mass is 300 g/mol. The molecule has 3 nitrogen and oxygen atoms in total. The Hall–Kier alpha value is -0.500. The average molecular weight is 300 g/mol. The molecule has 1 rings (SSSR count). The molecule has 0 spiro atoms. The zero-order chi connectivity index (χ0) is 10.0. The molecule has 0 fully saturated rings. The van der Waals surface area contributed by atoms with Crippen LogP contribution in [-0.4, -0.2) is 10.1 Å². The molecule has 1 aromatic rings. The van der Waals surface area contributed by atoms with Crippen molar-refractivity contribution < 1.29 is 13.9 Å². The molecule has 0 aromatic carbocycles. The standard InChI is InChI=1S/C7H7F2IN2O/c8-6(9)5-3(2-11)1-4(13)7(10)12-5/h1,6,13H,2,11H2. The van der Waals surface area contributed by atoms with Gasteiger partial charge in [-0.15, -0.1) is 0 Å². The molecular formula is C7H7F2IN2O. The van der Waals surface area contributed by atoms with Crippen LogP contribution < -0.4 is 5.73 Å². The Morgan fingerprint density at radius 2 is 2.23 bits per heavy atom. The van der Waals surface area contributed by atoms with Crippen molar-refractivity contribution >= 4 is 22.6 Å². The SMILES string of the molecule is NCc1cc(O)c(I)nc1C(F)F. The van der Waals surface area contributed by atoms with Crippen LogP contribution in [0.2, 0.25) is 0 Å². The summed E-state index contributed by atoms with van der Waals surface area (Å²) in [6, 6.07) is 1.22. The van der Waals surface area contributed by atoms with Gasteiger partial charge >= 0.3 is 0 Å². The van der Waals surface area contributed by atoms with E-state index >= 15 is 0 Å². The number of hydrogen-bond acceptors (Lipinski definition) is 3. The van der Waals surface area contributed by atoms with E-state index < -0.39 is 6.43 Å². The van der Waals surface area contributed by atoms with Gasteiger partial charge < -0.3 is 10.8 Å². The van der Waals surface area contributed by atoms with Crippen LogP contribution in [0.4, 0.5) is 8.78 Å². The van der Waals surface area contributed by atoms with Gasteiger partial charge in [0.1, 0.15) is 15.1 Å². The van der Waals surface area contributed by atoms with Crippen LogP contribution in [0.1, 0.15) is 17.7 Å². The summed E-state index contributed by atoms with van der Waals surface area (Å²) in [7, 11) is 0. The molecule has 0 amide bonds. The average Bonchev–Trinajstić information content (AvgIpc) is 2.08. The summed E-state index contributed by atoms with van der Waals surface area (Å²) in [5, 5.41) is 9.17. The minimum absolute atomic E-state index is 0.0584. The van der Waals surface area contributed by atoms with Crippen molar-refractivity contribution in [2.45, 2.75) is 13.0 Å². The van der Waals surface area contributed by atoms with Gasteiger partial charge in [-0.25, -0.2) is 13.8 Å². The van der Waals surface area contributed by atoms with E-state index in [1.54, 1.807) is 22.6 Å². The largest absolute Gasteiger partial charge is 0.505 e. The zero-order valence-electron chi connectivity index (χ0n) is 6.47. The van der Waals surface area contributed by atoms with Crippen molar-refractivity contribution in [3.05, 3.63) is 21.0 Å². The Bertz CT molecular complexity index is 320. The Kier molecular flexibility index (Phi) is 3.37. The Morgan fingerprint density at radius 1 is 1.62 bits per heavy atom. The molecule has 13 heavy (non-hydrogen) atoms. The van der Waals surface area contributed by atoms with E-state index in [9.17, 15) is 8.78 Å². The van der Waals surface area contributed by atoms with Gasteiger partial charge in [-0.2, -0.15) is 0 Å². The Morgan fingerprint density at radius 3 is 2.69 bits per heavy atom. The lowest BCUT2D eigenvalue weighted by atomic mass is 10.2. The van der Waals surface area contributed by atoms with E-state index in [1.165, 1.54) is 6.07 Å². The smallest absolute Gasteiger partial charge is 0.280 e. The molecule has 6 heteroatoms. The fraction of sp³-hybridized carbons (Fsp3) is 0.286. The summed E-state index contributed by atoms with van der Waals surface area (Å²) >= 11 is 1.68. The van der Waals surface area contributed by atoms with E-state index in [2.05, 4.69) is 4.98 Å². The predicted molar refractivity (Wildman–Crippen MR) is 51.5 cm³/mol. The molecule has 1 heterocycles. The number of rotatable bonds is 2. The lowest BCUT2D eigenvalue weighted by molar-refractivity contribution is 0.144. The molecule has 0 atom stereocenters. The quantitative estimate of drug-likeness (QED) is 0.646. The summed E-state index contributed by atoms with van der Waals surface area (Å²) < 4.78 is 24.8. The van der Waals surface area contributed by atoms with Gasteiger partial charge in [0, 0.05) is 6.54 Å². The Balaban J connectivity index is 3.25. The summed E-state index contributed by atoms with van der Waals surface area (Å²) in [6.45, 7) is -0.0584. The third-order valence-electron chi connectivity index (χ3n) is 1.50. The van der Waals surface area contributed by atoms with Gasteiger partial charge in [0.2, 0.25) is 0 Å². The van der Waals surface area contributed by atoms with Crippen LogP contribution in [0.3, 0.4) is 0 Å². The highest BCUT2D eigenvalue weighted by molar-refractivity contribution is 14.1. The molecule has 0 saturated carbocycles. The summed E-state index contributed by atoms with van der Waals surface area (Å²) in [6.07, 6.45) is -2.66. The first-order chi connectivity index (χ1) is 6.06. The molecule has 0 aliphatic carbocycles. The molecule has 0 saturated heterocycles. The maximum atomic E-state index is 12.3. The lowest BCUT2D eigenvalue weighted by Gasteiger charge is -2.07. The van der Waals surface area contributed by atoms with Crippen molar-refractivity contribution in [2.75, 3.05) is 0 Å². The molecule has 0 aliphatic heterocycles. The van der Waals surface area contributed by atoms with Crippen LogP contribution in [0, 0.1) is 3.70 Å². The number of hydrogen-bond donors (Lipinski definition) is 2.